The Morgan fingerprint density at radius 1 is 1.33 bits per heavy atom. The fourth-order valence-electron chi connectivity index (χ4n) is 0.376. The van der Waals surface area contributed by atoms with E-state index in [0.29, 0.717) is 0 Å². The lowest BCUT2D eigenvalue weighted by molar-refractivity contribution is 0.0364. The van der Waals surface area contributed by atoms with E-state index in [0.717, 1.165) is 0 Å². The minimum Gasteiger partial charge on any atom is -0.449 e. The summed E-state index contributed by atoms with van der Waals surface area (Å²) in [6.07, 6.45) is -2.84. The fourth-order valence-corrected chi connectivity index (χ4v) is 0.376. The first kappa shape index (κ1) is 10.7. The highest BCUT2D eigenvalue weighted by Gasteiger charge is 2.16. The zero-order valence-electron chi connectivity index (χ0n) is 7.29. The fraction of sp³-hybridized carbons (Fsp3) is 0.714. The lowest BCUT2D eigenvalue weighted by Crippen LogP contribution is -2.20. The van der Waals surface area contributed by atoms with Gasteiger partial charge in [0, 0.05) is 0 Å². The molecule has 0 aromatic heterocycles. The van der Waals surface area contributed by atoms with E-state index in [1.54, 1.807) is 0 Å². The number of hydrogen-bond donors (Lipinski definition) is 1. The largest absolute Gasteiger partial charge is 0.518 e. The second-order valence-corrected chi connectivity index (χ2v) is 3.47. The van der Waals surface area contributed by atoms with Gasteiger partial charge in [-0.1, -0.05) is 20.8 Å². The van der Waals surface area contributed by atoms with E-state index in [4.69, 9.17) is 5.11 Å². The first-order valence-corrected chi connectivity index (χ1v) is 3.39. The van der Waals surface area contributed by atoms with Crippen LogP contribution in [0.15, 0.2) is 0 Å². The van der Waals surface area contributed by atoms with Crippen LogP contribution in [0.2, 0.25) is 0 Å². The highest BCUT2D eigenvalue weighted by molar-refractivity contribution is 5.75. The third kappa shape index (κ3) is 6.85. The molecule has 0 heterocycles. The quantitative estimate of drug-likeness (QED) is 0.487. The normalized spacial score (nSPS) is 10.6. The maximum atomic E-state index is 10.5. The van der Waals surface area contributed by atoms with Crippen LogP contribution in [0.3, 0.4) is 0 Å². The van der Waals surface area contributed by atoms with Crippen molar-refractivity contribution < 1.29 is 24.2 Å². The van der Waals surface area contributed by atoms with Crippen molar-refractivity contribution in [3.63, 3.8) is 0 Å². The van der Waals surface area contributed by atoms with Crippen LogP contribution in [-0.4, -0.2) is 24.0 Å². The van der Waals surface area contributed by atoms with Crippen LogP contribution in [0, 0.1) is 5.41 Å². The Kier molecular flexibility index (Phi) is 3.53. The van der Waals surface area contributed by atoms with Gasteiger partial charge in [-0.25, -0.2) is 9.59 Å². The lowest BCUT2D eigenvalue weighted by atomic mass is 9.99. The summed E-state index contributed by atoms with van der Waals surface area (Å²) in [6, 6.07) is 0. The molecule has 0 aliphatic rings. The van der Waals surface area contributed by atoms with E-state index in [1.165, 1.54) is 0 Å². The molecule has 0 aliphatic carbocycles. The summed E-state index contributed by atoms with van der Waals surface area (Å²) in [5, 5.41) is 7.99. The van der Waals surface area contributed by atoms with E-state index < -0.39 is 12.3 Å². The molecule has 0 radical (unpaired) electrons. The molecule has 70 valence electrons. The third-order valence-corrected chi connectivity index (χ3v) is 0.794. The SMILES string of the molecule is CC(C)(C)COC(=O)OC(=O)O. The Morgan fingerprint density at radius 2 is 1.83 bits per heavy atom. The van der Waals surface area contributed by atoms with Crippen LogP contribution in [0.25, 0.3) is 0 Å². The molecule has 0 atom stereocenters. The van der Waals surface area contributed by atoms with Crippen molar-refractivity contribution in [2.45, 2.75) is 20.8 Å². The Morgan fingerprint density at radius 3 is 2.17 bits per heavy atom. The first-order chi connectivity index (χ1) is 5.31. The van der Waals surface area contributed by atoms with Gasteiger partial charge in [0.15, 0.2) is 0 Å². The standard InChI is InChI=1S/C7H12O5/c1-7(2,3)4-11-6(10)12-5(8)9/h4H2,1-3H3,(H,8,9). The maximum absolute atomic E-state index is 10.5. The number of ether oxygens (including phenoxy) is 2. The molecular formula is C7H12O5. The summed E-state index contributed by atoms with van der Waals surface area (Å²) in [5.74, 6) is 0. The van der Waals surface area contributed by atoms with Crippen molar-refractivity contribution in [1.29, 1.82) is 0 Å². The molecule has 0 saturated carbocycles. The van der Waals surface area contributed by atoms with Crippen molar-refractivity contribution in [2.24, 2.45) is 5.41 Å². The predicted octanol–water partition coefficient (Wildman–Crippen LogP) is 1.86. The Balaban J connectivity index is 3.65. The molecule has 1 N–H and O–H groups in total. The zero-order valence-corrected chi connectivity index (χ0v) is 7.29. The molecule has 0 unspecified atom stereocenters. The van der Waals surface area contributed by atoms with Gasteiger partial charge in [0.1, 0.15) is 0 Å². The van der Waals surface area contributed by atoms with Crippen LogP contribution in [-0.2, 0) is 9.47 Å². The van der Waals surface area contributed by atoms with Crippen LogP contribution in [0.1, 0.15) is 20.8 Å². The Labute approximate surface area is 70.3 Å². The average molecular weight is 176 g/mol. The lowest BCUT2D eigenvalue weighted by Gasteiger charge is -2.16. The molecule has 0 spiro atoms. The molecule has 12 heavy (non-hydrogen) atoms. The predicted molar refractivity (Wildman–Crippen MR) is 39.9 cm³/mol. The van der Waals surface area contributed by atoms with Crippen LogP contribution < -0.4 is 0 Å². The van der Waals surface area contributed by atoms with Gasteiger partial charge in [-0.2, -0.15) is 0 Å². The monoisotopic (exact) mass is 176 g/mol. The second kappa shape index (κ2) is 3.94. The van der Waals surface area contributed by atoms with Gasteiger partial charge in [-0.3, -0.25) is 0 Å². The molecule has 5 nitrogen and oxygen atoms in total. The first-order valence-electron chi connectivity index (χ1n) is 3.39. The van der Waals surface area contributed by atoms with E-state index in [2.05, 4.69) is 9.47 Å². The summed E-state index contributed by atoms with van der Waals surface area (Å²) >= 11 is 0. The van der Waals surface area contributed by atoms with Crippen LogP contribution >= 0.6 is 0 Å². The molecule has 0 fully saturated rings. The summed E-state index contributed by atoms with van der Waals surface area (Å²) < 4.78 is 8.18. The Hall–Kier alpha value is -1.26. The van der Waals surface area contributed by atoms with Gasteiger partial charge in [-0.05, 0) is 5.41 Å². The maximum Gasteiger partial charge on any atom is 0.518 e. The number of hydrogen-bond acceptors (Lipinski definition) is 4. The number of rotatable bonds is 1. The molecular weight excluding hydrogens is 164 g/mol. The van der Waals surface area contributed by atoms with E-state index in [-0.39, 0.29) is 12.0 Å². The topological polar surface area (TPSA) is 72.8 Å². The van der Waals surface area contributed by atoms with Gasteiger partial charge in [0.2, 0.25) is 0 Å². The average Bonchev–Trinajstić information content (AvgIpc) is 1.80. The third-order valence-electron chi connectivity index (χ3n) is 0.794. The van der Waals surface area contributed by atoms with E-state index in [1.807, 2.05) is 20.8 Å². The number of carbonyl (C=O) groups excluding carboxylic acids is 1. The van der Waals surface area contributed by atoms with Gasteiger partial charge in [0.25, 0.3) is 0 Å². The van der Waals surface area contributed by atoms with Crippen LogP contribution in [0.5, 0.6) is 0 Å². The smallest absolute Gasteiger partial charge is 0.449 e. The molecule has 0 aromatic carbocycles. The highest BCUT2D eigenvalue weighted by Crippen LogP contribution is 2.12. The van der Waals surface area contributed by atoms with Crippen LogP contribution in [0.4, 0.5) is 9.59 Å². The molecule has 0 aromatic rings. The van der Waals surface area contributed by atoms with Crippen molar-refractivity contribution in [2.75, 3.05) is 6.61 Å². The molecule has 0 saturated heterocycles. The molecule has 0 aliphatic heterocycles. The molecule has 0 rings (SSSR count). The van der Waals surface area contributed by atoms with Gasteiger partial charge in [-0.15, -0.1) is 0 Å². The number of carboxylic acid groups (broad SMARTS) is 1. The van der Waals surface area contributed by atoms with Gasteiger partial charge in [0.05, 0.1) is 6.61 Å². The van der Waals surface area contributed by atoms with E-state index in [9.17, 15) is 9.59 Å². The van der Waals surface area contributed by atoms with Gasteiger partial charge < -0.3 is 14.6 Å². The summed E-state index contributed by atoms with van der Waals surface area (Å²) in [4.78, 5) is 20.3. The summed E-state index contributed by atoms with van der Waals surface area (Å²) in [7, 11) is 0. The highest BCUT2D eigenvalue weighted by atomic mass is 16.8. The van der Waals surface area contributed by atoms with Crippen molar-refractivity contribution in [1.82, 2.24) is 0 Å². The van der Waals surface area contributed by atoms with E-state index >= 15 is 0 Å². The molecule has 0 bridgehead atoms. The second-order valence-electron chi connectivity index (χ2n) is 3.47. The minimum absolute atomic E-state index is 0.124. The minimum atomic E-state index is -1.66. The number of carbonyl (C=O) groups is 2. The van der Waals surface area contributed by atoms with Crippen molar-refractivity contribution >= 4 is 12.3 Å². The summed E-state index contributed by atoms with van der Waals surface area (Å²) in [5.41, 5.74) is -0.197. The molecule has 0 amide bonds. The van der Waals surface area contributed by atoms with Crippen molar-refractivity contribution in [3.8, 4) is 0 Å². The van der Waals surface area contributed by atoms with Crippen molar-refractivity contribution in [3.05, 3.63) is 0 Å². The zero-order chi connectivity index (χ0) is 9.78. The summed E-state index contributed by atoms with van der Waals surface area (Å²) in [6.45, 7) is 5.67. The molecule has 5 heteroatoms. The Bertz CT molecular complexity index is 179. The van der Waals surface area contributed by atoms with Gasteiger partial charge >= 0.3 is 12.3 Å².